The highest BCUT2D eigenvalue weighted by Gasteiger charge is 2.17. The largest absolute Gasteiger partial charge is 0.462 e. The SMILES string of the molecule is CCOC(=O)c1cnn(-c2ccc(SCC(=O)Nc3cccc(C)c3)nn2)c1C. The van der Waals surface area contributed by atoms with Gasteiger partial charge < -0.3 is 10.1 Å². The Bertz CT molecular complexity index is 1020. The third kappa shape index (κ3) is 5.20. The molecule has 2 heterocycles. The average Bonchev–Trinajstić information content (AvgIpc) is 3.08. The summed E-state index contributed by atoms with van der Waals surface area (Å²) in [6.45, 7) is 5.78. The van der Waals surface area contributed by atoms with E-state index in [1.165, 1.54) is 22.6 Å². The number of aromatic nitrogens is 4. The van der Waals surface area contributed by atoms with Gasteiger partial charge in [-0.2, -0.15) is 5.10 Å². The number of anilines is 1. The van der Waals surface area contributed by atoms with Crippen LogP contribution < -0.4 is 5.32 Å². The number of carbonyl (C=O) groups is 2. The van der Waals surface area contributed by atoms with Crippen LogP contribution in [0.5, 0.6) is 0 Å². The van der Waals surface area contributed by atoms with E-state index in [1.54, 1.807) is 26.0 Å². The summed E-state index contributed by atoms with van der Waals surface area (Å²) < 4.78 is 6.54. The van der Waals surface area contributed by atoms with E-state index in [4.69, 9.17) is 4.74 Å². The first-order chi connectivity index (χ1) is 14.0. The van der Waals surface area contributed by atoms with E-state index in [0.29, 0.717) is 28.7 Å². The first kappa shape index (κ1) is 20.5. The summed E-state index contributed by atoms with van der Waals surface area (Å²) in [5, 5.41) is 15.9. The van der Waals surface area contributed by atoms with E-state index in [0.717, 1.165) is 11.3 Å². The molecule has 0 aliphatic carbocycles. The van der Waals surface area contributed by atoms with Gasteiger partial charge in [-0.3, -0.25) is 4.79 Å². The van der Waals surface area contributed by atoms with Crippen molar-refractivity contribution in [3.05, 3.63) is 59.4 Å². The summed E-state index contributed by atoms with van der Waals surface area (Å²) in [5.41, 5.74) is 2.86. The Morgan fingerprint density at radius 2 is 2.00 bits per heavy atom. The first-order valence-corrected chi connectivity index (χ1v) is 10.0. The van der Waals surface area contributed by atoms with E-state index in [1.807, 2.05) is 31.2 Å². The van der Waals surface area contributed by atoms with Crippen LogP contribution in [0.3, 0.4) is 0 Å². The number of aryl methyl sites for hydroxylation is 1. The third-order valence-corrected chi connectivity index (χ3v) is 4.92. The molecular weight excluding hydrogens is 390 g/mol. The Kier molecular flexibility index (Phi) is 6.61. The van der Waals surface area contributed by atoms with Gasteiger partial charge >= 0.3 is 5.97 Å². The number of thioether (sulfide) groups is 1. The van der Waals surface area contributed by atoms with Gasteiger partial charge in [-0.15, -0.1) is 10.2 Å². The van der Waals surface area contributed by atoms with Crippen molar-refractivity contribution >= 4 is 29.3 Å². The molecule has 9 heteroatoms. The Morgan fingerprint density at radius 3 is 2.69 bits per heavy atom. The molecule has 0 saturated heterocycles. The molecule has 150 valence electrons. The molecule has 29 heavy (non-hydrogen) atoms. The minimum Gasteiger partial charge on any atom is -0.462 e. The Balaban J connectivity index is 1.60. The van der Waals surface area contributed by atoms with Crippen LogP contribution in [0, 0.1) is 13.8 Å². The number of esters is 1. The van der Waals surface area contributed by atoms with Gasteiger partial charge in [0.25, 0.3) is 0 Å². The highest BCUT2D eigenvalue weighted by molar-refractivity contribution is 7.99. The van der Waals surface area contributed by atoms with Crippen molar-refractivity contribution in [3.63, 3.8) is 0 Å². The van der Waals surface area contributed by atoms with Crippen LogP contribution in [0.2, 0.25) is 0 Å². The Labute approximate surface area is 172 Å². The second-order valence-corrected chi connectivity index (χ2v) is 7.21. The number of nitrogens with one attached hydrogen (secondary N) is 1. The topological polar surface area (TPSA) is 99.0 Å². The minimum absolute atomic E-state index is 0.117. The fraction of sp³-hybridized carbons (Fsp3) is 0.250. The van der Waals surface area contributed by atoms with Crippen LogP contribution in [0.15, 0.2) is 47.6 Å². The molecule has 1 N–H and O–H groups in total. The standard InChI is InChI=1S/C20H21N5O3S/c1-4-28-20(27)16-11-21-25(14(16)3)17-8-9-19(24-23-17)29-12-18(26)22-15-7-5-6-13(2)10-15/h5-11H,4,12H2,1-3H3,(H,22,26). The number of amides is 1. The second kappa shape index (κ2) is 9.33. The van der Waals surface area contributed by atoms with E-state index >= 15 is 0 Å². The highest BCUT2D eigenvalue weighted by Crippen LogP contribution is 2.18. The zero-order valence-corrected chi connectivity index (χ0v) is 17.2. The van der Waals surface area contributed by atoms with Gasteiger partial charge in [-0.1, -0.05) is 23.9 Å². The fourth-order valence-corrected chi connectivity index (χ4v) is 3.23. The molecule has 0 spiro atoms. The monoisotopic (exact) mass is 411 g/mol. The van der Waals surface area contributed by atoms with Crippen molar-refractivity contribution in [3.8, 4) is 5.82 Å². The maximum atomic E-state index is 12.1. The van der Waals surface area contributed by atoms with Gasteiger partial charge in [-0.25, -0.2) is 9.48 Å². The van der Waals surface area contributed by atoms with Crippen molar-refractivity contribution < 1.29 is 14.3 Å². The molecule has 0 aliphatic rings. The second-order valence-electron chi connectivity index (χ2n) is 6.21. The molecule has 0 bridgehead atoms. The normalized spacial score (nSPS) is 10.6. The lowest BCUT2D eigenvalue weighted by atomic mass is 10.2. The van der Waals surface area contributed by atoms with E-state index in [2.05, 4.69) is 20.6 Å². The zero-order valence-electron chi connectivity index (χ0n) is 16.4. The summed E-state index contributed by atoms with van der Waals surface area (Å²) >= 11 is 1.29. The molecule has 3 rings (SSSR count). The molecule has 1 aromatic carbocycles. The summed E-state index contributed by atoms with van der Waals surface area (Å²) in [5.74, 6) is 0.159. The van der Waals surface area contributed by atoms with Crippen molar-refractivity contribution in [2.75, 3.05) is 17.7 Å². The van der Waals surface area contributed by atoms with Crippen LogP contribution in [-0.2, 0) is 9.53 Å². The summed E-state index contributed by atoms with van der Waals surface area (Å²) in [7, 11) is 0. The van der Waals surface area contributed by atoms with Crippen LogP contribution in [0.4, 0.5) is 5.69 Å². The maximum absolute atomic E-state index is 12.1. The minimum atomic E-state index is -0.420. The Morgan fingerprint density at radius 1 is 1.17 bits per heavy atom. The predicted molar refractivity (Wildman–Crippen MR) is 110 cm³/mol. The summed E-state index contributed by atoms with van der Waals surface area (Å²) in [6, 6.07) is 11.1. The van der Waals surface area contributed by atoms with Gasteiger partial charge in [0.1, 0.15) is 10.6 Å². The average molecular weight is 411 g/mol. The van der Waals surface area contributed by atoms with Crippen LogP contribution in [0.1, 0.15) is 28.5 Å². The lowest BCUT2D eigenvalue weighted by molar-refractivity contribution is -0.113. The number of hydrogen-bond acceptors (Lipinski definition) is 7. The fourth-order valence-electron chi connectivity index (χ4n) is 2.61. The molecule has 1 amide bonds. The van der Waals surface area contributed by atoms with Crippen molar-refractivity contribution in [2.45, 2.75) is 25.8 Å². The summed E-state index contributed by atoms with van der Waals surface area (Å²) in [4.78, 5) is 24.0. The molecule has 0 fully saturated rings. The quantitative estimate of drug-likeness (QED) is 0.471. The van der Waals surface area contributed by atoms with Gasteiger partial charge in [0.2, 0.25) is 5.91 Å². The number of benzene rings is 1. The van der Waals surface area contributed by atoms with Gasteiger partial charge in [0.05, 0.1) is 24.3 Å². The number of carbonyl (C=O) groups excluding carboxylic acids is 2. The number of ether oxygens (including phenoxy) is 1. The lowest BCUT2D eigenvalue weighted by Gasteiger charge is -2.06. The maximum Gasteiger partial charge on any atom is 0.341 e. The smallest absolute Gasteiger partial charge is 0.341 e. The number of nitrogens with zero attached hydrogens (tertiary/aromatic N) is 4. The molecule has 2 aromatic heterocycles. The van der Waals surface area contributed by atoms with Crippen molar-refractivity contribution in [2.24, 2.45) is 0 Å². The number of hydrogen-bond donors (Lipinski definition) is 1. The summed E-state index contributed by atoms with van der Waals surface area (Å²) in [6.07, 6.45) is 1.45. The van der Waals surface area contributed by atoms with Crippen molar-refractivity contribution in [1.82, 2.24) is 20.0 Å². The highest BCUT2D eigenvalue weighted by atomic mass is 32.2. The lowest BCUT2D eigenvalue weighted by Crippen LogP contribution is -2.14. The molecule has 0 atom stereocenters. The van der Waals surface area contributed by atoms with Crippen LogP contribution >= 0.6 is 11.8 Å². The molecule has 0 radical (unpaired) electrons. The van der Waals surface area contributed by atoms with Crippen LogP contribution in [0.25, 0.3) is 5.82 Å². The third-order valence-electron chi connectivity index (χ3n) is 4.00. The van der Waals surface area contributed by atoms with Gasteiger partial charge in [0, 0.05) is 5.69 Å². The van der Waals surface area contributed by atoms with Gasteiger partial charge in [0.15, 0.2) is 5.82 Å². The molecular formula is C20H21N5O3S. The van der Waals surface area contributed by atoms with E-state index in [9.17, 15) is 9.59 Å². The van der Waals surface area contributed by atoms with Crippen LogP contribution in [-0.4, -0.2) is 44.2 Å². The first-order valence-electron chi connectivity index (χ1n) is 9.03. The molecule has 0 saturated carbocycles. The Hall–Kier alpha value is -3.20. The molecule has 0 aliphatic heterocycles. The molecule has 0 unspecified atom stereocenters. The molecule has 3 aromatic rings. The van der Waals surface area contributed by atoms with Crippen molar-refractivity contribution in [1.29, 1.82) is 0 Å². The van der Waals surface area contributed by atoms with E-state index in [-0.39, 0.29) is 11.7 Å². The number of rotatable bonds is 7. The van der Waals surface area contributed by atoms with E-state index < -0.39 is 5.97 Å². The molecule has 8 nitrogen and oxygen atoms in total. The zero-order chi connectivity index (χ0) is 20.8. The van der Waals surface area contributed by atoms with Gasteiger partial charge in [-0.05, 0) is 50.6 Å². The predicted octanol–water partition coefficient (Wildman–Crippen LogP) is 3.19.